The minimum Gasteiger partial charge on any atom is -0.406 e. The number of benzene rings is 1. The zero-order chi connectivity index (χ0) is 20.6. The van der Waals surface area contributed by atoms with Gasteiger partial charge in [-0.1, -0.05) is 17.7 Å². The van der Waals surface area contributed by atoms with Gasteiger partial charge in [0.1, 0.15) is 16.7 Å². The van der Waals surface area contributed by atoms with Crippen LogP contribution in [0.4, 0.5) is 13.2 Å². The van der Waals surface area contributed by atoms with Gasteiger partial charge in [0.25, 0.3) is 0 Å². The Morgan fingerprint density at radius 1 is 1.17 bits per heavy atom. The highest BCUT2D eigenvalue weighted by Gasteiger charge is 2.31. The Morgan fingerprint density at radius 3 is 2.62 bits per heavy atom. The third-order valence-electron chi connectivity index (χ3n) is 4.91. The third-order valence-corrected chi connectivity index (χ3v) is 5.25. The smallest absolute Gasteiger partial charge is 0.406 e. The maximum atomic E-state index is 12.3. The molecule has 0 aliphatic carbocycles. The van der Waals surface area contributed by atoms with Crippen LogP contribution in [0.3, 0.4) is 0 Å². The predicted octanol–water partition coefficient (Wildman–Crippen LogP) is 4.59. The fourth-order valence-electron chi connectivity index (χ4n) is 3.52. The maximum absolute atomic E-state index is 12.3. The van der Waals surface area contributed by atoms with Crippen molar-refractivity contribution in [3.05, 3.63) is 64.7 Å². The number of hydrogen-bond donors (Lipinski definition) is 0. The number of aromatic nitrogens is 3. The zero-order valence-electron chi connectivity index (χ0n) is 15.6. The molecule has 0 amide bonds. The van der Waals surface area contributed by atoms with Crippen LogP contribution in [0, 0.1) is 0 Å². The van der Waals surface area contributed by atoms with Crippen molar-refractivity contribution in [3.63, 3.8) is 0 Å². The largest absolute Gasteiger partial charge is 0.573 e. The molecule has 0 atom stereocenters. The van der Waals surface area contributed by atoms with Crippen molar-refractivity contribution in [3.8, 4) is 17.1 Å². The van der Waals surface area contributed by atoms with E-state index in [1.165, 1.54) is 12.1 Å². The van der Waals surface area contributed by atoms with Crippen LogP contribution in [-0.4, -0.2) is 32.3 Å². The van der Waals surface area contributed by atoms with Gasteiger partial charge >= 0.3 is 6.36 Å². The van der Waals surface area contributed by atoms with Gasteiger partial charge in [0.05, 0.1) is 11.4 Å². The summed E-state index contributed by atoms with van der Waals surface area (Å²) in [7, 11) is 1.92. The summed E-state index contributed by atoms with van der Waals surface area (Å²) in [5, 5.41) is 0.505. The first-order chi connectivity index (χ1) is 13.8. The molecular formula is C20H18ClF3N4O. The van der Waals surface area contributed by atoms with E-state index in [2.05, 4.69) is 14.6 Å². The van der Waals surface area contributed by atoms with Crippen LogP contribution in [-0.2, 0) is 26.6 Å². The van der Waals surface area contributed by atoms with E-state index >= 15 is 0 Å². The molecule has 29 heavy (non-hydrogen) atoms. The number of pyridine rings is 1. The van der Waals surface area contributed by atoms with E-state index in [0.29, 0.717) is 18.2 Å². The molecule has 3 heterocycles. The summed E-state index contributed by atoms with van der Waals surface area (Å²) in [5.41, 5.74) is 3.80. The zero-order valence-corrected chi connectivity index (χ0v) is 16.3. The lowest BCUT2D eigenvalue weighted by atomic mass is 10.1. The lowest BCUT2D eigenvalue weighted by Gasteiger charge is -2.27. The van der Waals surface area contributed by atoms with Crippen LogP contribution in [0.2, 0.25) is 5.15 Å². The summed E-state index contributed by atoms with van der Waals surface area (Å²) in [4.78, 5) is 11.1. The number of hydrogen-bond acceptors (Lipinski definition) is 4. The van der Waals surface area contributed by atoms with E-state index in [0.717, 1.165) is 41.3 Å². The standard InChI is InChI=1S/C20H18ClF3N4O/c1-27-17-12-28(11-14-3-2-9-25-18(14)21)10-8-16(17)26-19(27)13-4-6-15(7-5-13)29-20(22,23)24/h2-7,9H,8,10-12H2,1H3. The SMILES string of the molecule is Cn1c(-c2ccc(OC(F)(F)F)cc2)nc2c1CN(Cc1cccnc1Cl)CC2. The van der Waals surface area contributed by atoms with Crippen LogP contribution in [0.1, 0.15) is 17.0 Å². The number of fused-ring (bicyclic) bond motifs is 1. The predicted molar refractivity (Wildman–Crippen MR) is 102 cm³/mol. The van der Waals surface area contributed by atoms with Gasteiger partial charge in [-0.2, -0.15) is 0 Å². The van der Waals surface area contributed by atoms with Crippen molar-refractivity contribution in [2.45, 2.75) is 25.9 Å². The van der Waals surface area contributed by atoms with E-state index in [-0.39, 0.29) is 5.75 Å². The molecule has 0 unspecified atom stereocenters. The average Bonchev–Trinajstić information content (AvgIpc) is 2.99. The number of ether oxygens (including phenoxy) is 1. The van der Waals surface area contributed by atoms with Crippen LogP contribution < -0.4 is 4.74 Å². The van der Waals surface area contributed by atoms with Gasteiger partial charge in [-0.25, -0.2) is 9.97 Å². The normalized spacial score (nSPS) is 14.7. The van der Waals surface area contributed by atoms with Crippen molar-refractivity contribution >= 4 is 11.6 Å². The molecule has 1 aromatic carbocycles. The van der Waals surface area contributed by atoms with Crippen molar-refractivity contribution in [2.75, 3.05) is 6.54 Å². The van der Waals surface area contributed by atoms with Gasteiger partial charge < -0.3 is 9.30 Å². The number of nitrogens with zero attached hydrogens (tertiary/aromatic N) is 4. The summed E-state index contributed by atoms with van der Waals surface area (Å²) >= 11 is 6.18. The fourth-order valence-corrected chi connectivity index (χ4v) is 3.70. The molecule has 3 aromatic rings. The Morgan fingerprint density at radius 2 is 1.93 bits per heavy atom. The van der Waals surface area contributed by atoms with E-state index < -0.39 is 6.36 Å². The van der Waals surface area contributed by atoms with Crippen LogP contribution in [0.15, 0.2) is 42.6 Å². The van der Waals surface area contributed by atoms with Gasteiger partial charge in [0.2, 0.25) is 0 Å². The quantitative estimate of drug-likeness (QED) is 0.577. The topological polar surface area (TPSA) is 43.2 Å². The van der Waals surface area contributed by atoms with E-state index in [1.54, 1.807) is 18.3 Å². The van der Waals surface area contributed by atoms with Crippen LogP contribution in [0.5, 0.6) is 5.75 Å². The second-order valence-electron chi connectivity index (χ2n) is 6.87. The van der Waals surface area contributed by atoms with E-state index in [9.17, 15) is 13.2 Å². The highest BCUT2D eigenvalue weighted by Crippen LogP contribution is 2.29. The first-order valence-electron chi connectivity index (χ1n) is 9.02. The molecule has 9 heteroatoms. The van der Waals surface area contributed by atoms with Gasteiger partial charge in [-0.3, -0.25) is 4.90 Å². The molecule has 0 radical (unpaired) electrons. The van der Waals surface area contributed by atoms with Crippen LogP contribution in [0.25, 0.3) is 11.4 Å². The number of halogens is 4. The first kappa shape index (κ1) is 19.7. The molecule has 152 valence electrons. The molecule has 0 saturated carbocycles. The highest BCUT2D eigenvalue weighted by molar-refractivity contribution is 6.30. The minimum absolute atomic E-state index is 0.250. The second kappa shape index (κ2) is 7.68. The van der Waals surface area contributed by atoms with Gasteiger partial charge in [0, 0.05) is 50.4 Å². The van der Waals surface area contributed by atoms with Crippen LogP contribution >= 0.6 is 11.6 Å². The fraction of sp³-hybridized carbons (Fsp3) is 0.300. The molecule has 0 saturated heterocycles. The molecule has 2 aromatic heterocycles. The van der Waals surface area contributed by atoms with Crippen molar-refractivity contribution in [2.24, 2.45) is 7.05 Å². The number of imidazole rings is 1. The second-order valence-corrected chi connectivity index (χ2v) is 7.23. The Balaban J connectivity index is 1.53. The van der Waals surface area contributed by atoms with Gasteiger partial charge in [-0.15, -0.1) is 13.2 Å². The molecule has 0 bridgehead atoms. The van der Waals surface area contributed by atoms with Gasteiger partial charge in [0.15, 0.2) is 0 Å². The summed E-state index contributed by atoms with van der Waals surface area (Å²) in [6, 6.07) is 9.60. The Kier molecular flexibility index (Phi) is 5.23. The lowest BCUT2D eigenvalue weighted by molar-refractivity contribution is -0.274. The average molecular weight is 423 g/mol. The summed E-state index contributed by atoms with van der Waals surface area (Å²) in [6.07, 6.45) is -2.25. The minimum atomic E-state index is -4.70. The van der Waals surface area contributed by atoms with E-state index in [4.69, 9.17) is 16.6 Å². The lowest BCUT2D eigenvalue weighted by Crippen LogP contribution is -2.31. The van der Waals surface area contributed by atoms with Gasteiger partial charge in [-0.05, 0) is 30.3 Å². The summed E-state index contributed by atoms with van der Waals surface area (Å²) in [5.74, 6) is 0.467. The summed E-state index contributed by atoms with van der Waals surface area (Å²) < 4.78 is 43.0. The van der Waals surface area contributed by atoms with Crippen molar-refractivity contribution in [1.82, 2.24) is 19.4 Å². The number of rotatable bonds is 4. The Bertz CT molecular complexity index is 1020. The third kappa shape index (κ3) is 4.38. The molecular weight excluding hydrogens is 405 g/mol. The van der Waals surface area contributed by atoms with Crippen molar-refractivity contribution in [1.29, 1.82) is 0 Å². The molecule has 0 spiro atoms. The van der Waals surface area contributed by atoms with E-state index in [1.807, 2.05) is 23.7 Å². The monoisotopic (exact) mass is 422 g/mol. The molecule has 4 rings (SSSR count). The summed E-state index contributed by atoms with van der Waals surface area (Å²) in [6.45, 7) is 2.24. The first-order valence-corrected chi connectivity index (χ1v) is 9.40. The Hall–Kier alpha value is -2.58. The maximum Gasteiger partial charge on any atom is 0.573 e. The molecule has 1 aliphatic rings. The molecule has 0 fully saturated rings. The molecule has 0 N–H and O–H groups in total. The highest BCUT2D eigenvalue weighted by atomic mass is 35.5. The number of alkyl halides is 3. The van der Waals surface area contributed by atoms with Crippen molar-refractivity contribution < 1.29 is 17.9 Å². The molecule has 5 nitrogen and oxygen atoms in total. The Labute approximate surface area is 170 Å². The molecule has 1 aliphatic heterocycles.